The minimum Gasteiger partial charge on any atom is -0.508 e. The Hall–Kier alpha value is -2.89. The van der Waals surface area contributed by atoms with Gasteiger partial charge in [-0.2, -0.15) is 0 Å². The molecule has 1 fully saturated rings. The van der Waals surface area contributed by atoms with Crippen LogP contribution in [0, 0.1) is 6.92 Å². The molecule has 1 aromatic heterocycles. The van der Waals surface area contributed by atoms with Crippen LogP contribution < -0.4 is 5.32 Å². The number of benzene rings is 2. The highest BCUT2D eigenvalue weighted by atomic mass is 16.3. The van der Waals surface area contributed by atoms with Gasteiger partial charge in [0.1, 0.15) is 11.6 Å². The fourth-order valence-electron chi connectivity index (χ4n) is 4.57. The Labute approximate surface area is 184 Å². The van der Waals surface area contributed by atoms with Gasteiger partial charge in [0, 0.05) is 62.5 Å². The third-order valence-corrected chi connectivity index (χ3v) is 6.69. The number of aromatic hydroxyl groups is 1. The van der Waals surface area contributed by atoms with Crippen molar-refractivity contribution in [1.82, 2.24) is 14.8 Å². The van der Waals surface area contributed by atoms with Crippen molar-refractivity contribution >= 4 is 5.82 Å². The number of phenols is 1. The lowest BCUT2D eigenvalue weighted by Gasteiger charge is -2.32. The Balaban J connectivity index is 1.35. The molecule has 5 rings (SSSR count). The smallest absolute Gasteiger partial charge is 0.129 e. The van der Waals surface area contributed by atoms with E-state index in [9.17, 15) is 5.11 Å². The van der Waals surface area contributed by atoms with Gasteiger partial charge in [-0.3, -0.25) is 4.90 Å². The van der Waals surface area contributed by atoms with Crippen molar-refractivity contribution in [1.29, 1.82) is 0 Å². The van der Waals surface area contributed by atoms with Gasteiger partial charge in [0.25, 0.3) is 0 Å². The number of nitrogens with zero attached hydrogens (tertiary/aromatic N) is 3. The van der Waals surface area contributed by atoms with Crippen molar-refractivity contribution in [3.8, 4) is 16.9 Å². The van der Waals surface area contributed by atoms with Crippen LogP contribution >= 0.6 is 0 Å². The molecule has 0 saturated carbocycles. The van der Waals surface area contributed by atoms with Crippen molar-refractivity contribution < 1.29 is 5.11 Å². The van der Waals surface area contributed by atoms with Crippen LogP contribution in [0.15, 0.2) is 54.7 Å². The van der Waals surface area contributed by atoms with E-state index in [0.717, 1.165) is 61.8 Å². The number of pyridine rings is 1. The molecular formula is C26H30N4O. The fraction of sp³-hybridized carbons (Fsp3) is 0.346. The maximum Gasteiger partial charge on any atom is 0.129 e. The normalized spacial score (nSPS) is 19.2. The molecule has 2 aliphatic rings. The summed E-state index contributed by atoms with van der Waals surface area (Å²) in [6, 6.07) is 17.1. The molecular weight excluding hydrogens is 384 g/mol. The van der Waals surface area contributed by atoms with E-state index in [1.165, 1.54) is 16.7 Å². The molecule has 1 saturated heterocycles. The van der Waals surface area contributed by atoms with Gasteiger partial charge in [-0.1, -0.05) is 36.4 Å². The summed E-state index contributed by atoms with van der Waals surface area (Å²) in [5.41, 5.74) is 6.90. The average Bonchev–Trinajstić information content (AvgIpc) is 3.21. The van der Waals surface area contributed by atoms with Crippen LogP contribution in [-0.4, -0.2) is 59.7 Å². The van der Waals surface area contributed by atoms with Crippen molar-refractivity contribution in [3.05, 3.63) is 77.0 Å². The van der Waals surface area contributed by atoms with E-state index in [4.69, 9.17) is 0 Å². The number of likely N-dealkylation sites (N-methyl/N-ethyl adjacent to an activating group) is 1. The first kappa shape index (κ1) is 20.0. The molecule has 3 aromatic rings. The largest absolute Gasteiger partial charge is 0.508 e. The molecule has 1 unspecified atom stereocenters. The zero-order chi connectivity index (χ0) is 21.4. The summed E-state index contributed by atoms with van der Waals surface area (Å²) in [6.07, 6.45) is 1.95. The van der Waals surface area contributed by atoms with Crippen LogP contribution in [0.5, 0.6) is 5.75 Å². The number of aromatic nitrogens is 1. The number of rotatable bonds is 4. The lowest BCUT2D eigenvalue weighted by Crippen LogP contribution is -2.43. The van der Waals surface area contributed by atoms with E-state index in [2.05, 4.69) is 63.5 Å². The maximum atomic E-state index is 10.2. The predicted octanol–water partition coefficient (Wildman–Crippen LogP) is 4.07. The van der Waals surface area contributed by atoms with Gasteiger partial charge >= 0.3 is 0 Å². The second kappa shape index (κ2) is 8.33. The molecule has 0 bridgehead atoms. The van der Waals surface area contributed by atoms with Crippen molar-refractivity contribution in [2.75, 3.05) is 45.1 Å². The number of fused-ring (bicyclic) bond motifs is 1. The minimum absolute atomic E-state index is 0.199. The van der Waals surface area contributed by atoms with Crippen LogP contribution in [0.25, 0.3) is 11.1 Å². The highest BCUT2D eigenvalue weighted by molar-refractivity contribution is 5.69. The third-order valence-electron chi connectivity index (χ3n) is 6.69. The van der Waals surface area contributed by atoms with Gasteiger partial charge in [-0.15, -0.1) is 0 Å². The van der Waals surface area contributed by atoms with E-state index >= 15 is 0 Å². The zero-order valence-corrected chi connectivity index (χ0v) is 18.3. The highest BCUT2D eigenvalue weighted by Gasteiger charge is 2.26. The maximum absolute atomic E-state index is 10.2. The Morgan fingerprint density at radius 1 is 1.00 bits per heavy atom. The molecule has 3 heterocycles. The molecule has 1 atom stereocenters. The number of nitrogens with one attached hydrogen (secondary N) is 1. The van der Waals surface area contributed by atoms with Crippen LogP contribution in [0.2, 0.25) is 0 Å². The lowest BCUT2D eigenvalue weighted by atomic mass is 9.91. The summed E-state index contributed by atoms with van der Waals surface area (Å²) in [6.45, 7) is 8.30. The zero-order valence-electron chi connectivity index (χ0n) is 18.3. The van der Waals surface area contributed by atoms with Crippen LogP contribution in [-0.2, 0) is 6.54 Å². The number of hydrogen-bond donors (Lipinski definition) is 2. The highest BCUT2D eigenvalue weighted by Crippen LogP contribution is 2.38. The first-order valence-corrected chi connectivity index (χ1v) is 11.1. The molecule has 160 valence electrons. The van der Waals surface area contributed by atoms with Gasteiger partial charge in [-0.25, -0.2) is 4.98 Å². The number of hydrogen-bond acceptors (Lipinski definition) is 5. The van der Waals surface area contributed by atoms with E-state index in [1.807, 2.05) is 25.3 Å². The van der Waals surface area contributed by atoms with Crippen LogP contribution in [0.1, 0.15) is 28.2 Å². The predicted molar refractivity (Wildman–Crippen MR) is 126 cm³/mol. The lowest BCUT2D eigenvalue weighted by molar-refractivity contribution is 0.148. The summed E-state index contributed by atoms with van der Waals surface area (Å²) in [5.74, 6) is 1.50. The van der Waals surface area contributed by atoms with Crippen molar-refractivity contribution in [2.24, 2.45) is 0 Å². The van der Waals surface area contributed by atoms with E-state index in [-0.39, 0.29) is 5.92 Å². The molecule has 2 N–H and O–H groups in total. The summed E-state index contributed by atoms with van der Waals surface area (Å²) in [4.78, 5) is 9.60. The topological polar surface area (TPSA) is 51.6 Å². The molecule has 31 heavy (non-hydrogen) atoms. The van der Waals surface area contributed by atoms with Crippen LogP contribution in [0.4, 0.5) is 5.82 Å². The minimum atomic E-state index is 0.199. The van der Waals surface area contributed by atoms with E-state index in [0.29, 0.717) is 5.75 Å². The molecule has 0 spiro atoms. The van der Waals surface area contributed by atoms with Gasteiger partial charge in [0.2, 0.25) is 0 Å². The SMILES string of the molecule is Cc1ccc(C2CNc3ncc(-c4ccc(CN5CCN(C)CC5)cc4)cc32)cc1O. The second-order valence-corrected chi connectivity index (χ2v) is 8.92. The summed E-state index contributed by atoms with van der Waals surface area (Å²) < 4.78 is 0. The Kier molecular flexibility index (Phi) is 5.38. The first-order chi connectivity index (χ1) is 15.1. The Morgan fingerprint density at radius 3 is 2.52 bits per heavy atom. The number of piperazine rings is 1. The molecule has 0 radical (unpaired) electrons. The number of phenolic OH excluding ortho intramolecular Hbond substituents is 1. The van der Waals surface area contributed by atoms with Crippen LogP contribution in [0.3, 0.4) is 0 Å². The Morgan fingerprint density at radius 2 is 1.77 bits per heavy atom. The quantitative estimate of drug-likeness (QED) is 0.674. The van der Waals surface area contributed by atoms with E-state index in [1.54, 1.807) is 0 Å². The number of aryl methyl sites for hydroxylation is 1. The third kappa shape index (κ3) is 4.16. The van der Waals surface area contributed by atoms with E-state index < -0.39 is 0 Å². The standard InChI is InChI=1S/C26H30N4O/c1-18-3-6-21(14-25(18)31)24-16-28-26-23(24)13-22(15-27-26)20-7-4-19(5-8-20)17-30-11-9-29(2)10-12-30/h3-8,13-15,24,31H,9-12,16-17H2,1-2H3,(H,27,28). The molecule has 2 aromatic carbocycles. The Bertz CT molecular complexity index is 1070. The fourth-order valence-corrected chi connectivity index (χ4v) is 4.57. The summed E-state index contributed by atoms with van der Waals surface area (Å²) in [5, 5.41) is 13.6. The molecule has 5 nitrogen and oxygen atoms in total. The molecule has 5 heteroatoms. The van der Waals surface area contributed by atoms with Crippen molar-refractivity contribution in [3.63, 3.8) is 0 Å². The van der Waals surface area contributed by atoms with Gasteiger partial charge in [0.05, 0.1) is 0 Å². The van der Waals surface area contributed by atoms with Crippen molar-refractivity contribution in [2.45, 2.75) is 19.4 Å². The summed E-state index contributed by atoms with van der Waals surface area (Å²) >= 11 is 0. The van der Waals surface area contributed by atoms with Gasteiger partial charge in [-0.05, 0) is 48.4 Å². The molecule has 2 aliphatic heterocycles. The molecule has 0 aliphatic carbocycles. The summed E-state index contributed by atoms with van der Waals surface area (Å²) in [7, 11) is 2.19. The monoisotopic (exact) mass is 414 g/mol. The number of anilines is 1. The first-order valence-electron chi connectivity index (χ1n) is 11.1. The average molecular weight is 415 g/mol. The molecule has 0 amide bonds. The van der Waals surface area contributed by atoms with Gasteiger partial charge < -0.3 is 15.3 Å². The van der Waals surface area contributed by atoms with Gasteiger partial charge in [0.15, 0.2) is 0 Å². The second-order valence-electron chi connectivity index (χ2n) is 8.92.